The highest BCUT2D eigenvalue weighted by molar-refractivity contribution is 9.10. The van der Waals surface area contributed by atoms with E-state index in [1.807, 2.05) is 6.92 Å². The summed E-state index contributed by atoms with van der Waals surface area (Å²) in [5.41, 5.74) is 5.14. The molecule has 0 saturated heterocycles. The number of esters is 1. The van der Waals surface area contributed by atoms with Crippen LogP contribution < -0.4 is 35.0 Å². The van der Waals surface area contributed by atoms with Crippen molar-refractivity contribution in [1.82, 2.24) is 16.1 Å². The summed E-state index contributed by atoms with van der Waals surface area (Å²) in [7, 11) is 1.27. The zero-order chi connectivity index (χ0) is 33.9. The number of carbonyl (C=O) groups is 2. The topological polar surface area (TPSA) is 149 Å². The first-order valence-electron chi connectivity index (χ1n) is 14.7. The van der Waals surface area contributed by atoms with Gasteiger partial charge in [0.15, 0.2) is 29.2 Å². The molecule has 47 heavy (non-hydrogen) atoms. The first-order chi connectivity index (χ1) is 22.6. The second-order valence-electron chi connectivity index (χ2n) is 10.1. The summed E-state index contributed by atoms with van der Waals surface area (Å²) in [4.78, 5) is 24.6. The van der Waals surface area contributed by atoms with E-state index < -0.39 is 24.3 Å². The number of nitrogens with one attached hydrogen (secondary N) is 3. The van der Waals surface area contributed by atoms with Crippen LogP contribution in [0.2, 0.25) is 0 Å². The van der Waals surface area contributed by atoms with Crippen LogP contribution in [0.3, 0.4) is 0 Å². The molecule has 1 aliphatic rings. The van der Waals surface area contributed by atoms with Crippen molar-refractivity contribution in [3.63, 3.8) is 0 Å². The van der Waals surface area contributed by atoms with Gasteiger partial charge < -0.3 is 39.4 Å². The van der Waals surface area contributed by atoms with E-state index in [0.717, 1.165) is 0 Å². The summed E-state index contributed by atoms with van der Waals surface area (Å²) in [6.07, 6.45) is 0.305. The Balaban J connectivity index is 1.40. The van der Waals surface area contributed by atoms with Gasteiger partial charge in [0, 0.05) is 5.70 Å². The average Bonchev–Trinajstić information content (AvgIpc) is 3.03. The number of hydrazone groups is 1. The van der Waals surface area contributed by atoms with Gasteiger partial charge in [-0.2, -0.15) is 5.10 Å². The fourth-order valence-corrected chi connectivity index (χ4v) is 5.24. The van der Waals surface area contributed by atoms with Crippen molar-refractivity contribution >= 4 is 34.1 Å². The number of hydrogen-bond donors (Lipinski definition) is 4. The Bertz CT molecular complexity index is 1650. The molecule has 3 aromatic carbocycles. The zero-order valence-corrected chi connectivity index (χ0v) is 27.9. The summed E-state index contributed by atoms with van der Waals surface area (Å²) >= 11 is 3.51. The third-order valence-corrected chi connectivity index (χ3v) is 7.30. The molecule has 0 radical (unpaired) electrons. The SMILES string of the molecule is CCOc1cc([C@@H]2NC(=O)NC(C)=C2C(=O)OC)ccc1OC[C@H](O)N/N=C\c1cc(Br)c(OCc2cccc(F)c2)c(OCC)c1. The number of amides is 2. The molecule has 0 fully saturated rings. The lowest BCUT2D eigenvalue weighted by atomic mass is 9.95. The molecule has 0 spiro atoms. The van der Waals surface area contributed by atoms with Crippen molar-refractivity contribution in [3.8, 4) is 23.0 Å². The number of hydrogen-bond acceptors (Lipinski definition) is 10. The Morgan fingerprint density at radius 3 is 2.55 bits per heavy atom. The molecule has 1 heterocycles. The summed E-state index contributed by atoms with van der Waals surface area (Å²) in [5, 5.41) is 19.9. The van der Waals surface area contributed by atoms with Crippen molar-refractivity contribution in [3.05, 3.63) is 92.8 Å². The number of methoxy groups -OCH3 is 1. The number of benzene rings is 3. The Hall–Kier alpha value is -4.82. The largest absolute Gasteiger partial charge is 0.490 e. The smallest absolute Gasteiger partial charge is 0.337 e. The van der Waals surface area contributed by atoms with E-state index in [2.05, 4.69) is 37.1 Å². The van der Waals surface area contributed by atoms with Crippen molar-refractivity contribution in [2.45, 2.75) is 39.6 Å². The van der Waals surface area contributed by atoms with Crippen molar-refractivity contribution in [2.24, 2.45) is 5.10 Å². The molecule has 0 unspecified atom stereocenters. The first kappa shape index (κ1) is 35.0. The van der Waals surface area contributed by atoms with Crippen molar-refractivity contribution in [2.75, 3.05) is 26.9 Å². The number of rotatable bonds is 15. The highest BCUT2D eigenvalue weighted by atomic mass is 79.9. The van der Waals surface area contributed by atoms with E-state index in [1.54, 1.807) is 56.3 Å². The minimum Gasteiger partial charge on any atom is -0.490 e. The maximum Gasteiger partial charge on any atom is 0.337 e. The molecule has 0 aromatic heterocycles. The van der Waals surface area contributed by atoms with Gasteiger partial charge in [0.1, 0.15) is 19.0 Å². The van der Waals surface area contributed by atoms with Gasteiger partial charge in [-0.1, -0.05) is 18.2 Å². The predicted octanol–water partition coefficient (Wildman–Crippen LogP) is 5.09. The molecule has 3 aromatic rings. The highest BCUT2D eigenvalue weighted by Gasteiger charge is 2.32. The predicted molar refractivity (Wildman–Crippen MR) is 175 cm³/mol. The van der Waals surface area contributed by atoms with Crippen LogP contribution in [-0.2, 0) is 16.1 Å². The minimum absolute atomic E-state index is 0.144. The number of nitrogens with zero attached hydrogens (tertiary/aromatic N) is 1. The van der Waals surface area contributed by atoms with E-state index in [0.29, 0.717) is 63.1 Å². The molecule has 14 heteroatoms. The van der Waals surface area contributed by atoms with Gasteiger partial charge >= 0.3 is 12.0 Å². The number of carbonyl (C=O) groups excluding carboxylic acids is 2. The minimum atomic E-state index is -1.19. The fourth-order valence-electron chi connectivity index (χ4n) is 4.67. The first-order valence-corrected chi connectivity index (χ1v) is 15.5. The van der Waals surface area contributed by atoms with E-state index in [-0.39, 0.29) is 24.6 Å². The molecule has 2 atom stereocenters. The quantitative estimate of drug-likeness (QED) is 0.0732. The van der Waals surface area contributed by atoms with E-state index in [4.69, 9.17) is 23.7 Å². The molecule has 4 N–H and O–H groups in total. The zero-order valence-electron chi connectivity index (χ0n) is 26.3. The summed E-state index contributed by atoms with van der Waals surface area (Å²) in [6.45, 7) is 5.92. The second kappa shape index (κ2) is 16.7. The summed E-state index contributed by atoms with van der Waals surface area (Å²) < 4.78 is 42.3. The van der Waals surface area contributed by atoms with Gasteiger partial charge in [0.25, 0.3) is 0 Å². The Labute approximate surface area is 280 Å². The van der Waals surface area contributed by atoms with E-state index in [9.17, 15) is 19.1 Å². The van der Waals surface area contributed by atoms with Gasteiger partial charge in [0.2, 0.25) is 0 Å². The standard InChI is InChI=1S/C33H36BrFN4O8/c1-5-44-26-15-22(30-29(32(41)43-4)19(3)37-33(42)38-30)10-11-25(26)46-18-28(40)39-36-16-21-13-24(34)31(27(14-21)45-6-2)47-17-20-8-7-9-23(35)12-20/h7-16,28,30,39-40H,5-6,17-18H2,1-4H3,(H2,37,38,42)/b36-16-/t28-,30-/m0/s1. The number of urea groups is 1. The molecular formula is C33H36BrFN4O8. The third kappa shape index (κ3) is 9.36. The number of halogens is 2. The normalized spacial score (nSPS) is 15.0. The van der Waals surface area contributed by atoms with Crippen LogP contribution in [0.5, 0.6) is 23.0 Å². The van der Waals surface area contributed by atoms with Crippen LogP contribution in [0.15, 0.2) is 75.4 Å². The lowest BCUT2D eigenvalue weighted by Crippen LogP contribution is -2.45. The van der Waals surface area contributed by atoms with Gasteiger partial charge in [-0.15, -0.1) is 0 Å². The Morgan fingerprint density at radius 1 is 1.06 bits per heavy atom. The van der Waals surface area contributed by atoms with Crippen LogP contribution in [0.4, 0.5) is 9.18 Å². The van der Waals surface area contributed by atoms with E-state index in [1.165, 1.54) is 25.5 Å². The third-order valence-electron chi connectivity index (χ3n) is 6.71. The molecule has 0 bridgehead atoms. The summed E-state index contributed by atoms with van der Waals surface area (Å²) in [6, 6.07) is 13.4. The average molecular weight is 716 g/mol. The molecule has 250 valence electrons. The lowest BCUT2D eigenvalue weighted by molar-refractivity contribution is -0.136. The van der Waals surface area contributed by atoms with Gasteiger partial charge in [-0.05, 0) is 89.8 Å². The summed E-state index contributed by atoms with van der Waals surface area (Å²) in [5.74, 6) is 0.676. The fraction of sp³-hybridized carbons (Fsp3) is 0.303. The van der Waals surface area contributed by atoms with Crippen LogP contribution in [-0.4, -0.2) is 56.5 Å². The van der Waals surface area contributed by atoms with Crippen molar-refractivity contribution in [1.29, 1.82) is 0 Å². The van der Waals surface area contributed by atoms with Gasteiger partial charge in [-0.3, -0.25) is 5.43 Å². The lowest BCUT2D eigenvalue weighted by Gasteiger charge is -2.28. The molecule has 12 nitrogen and oxygen atoms in total. The Kier molecular flexibility index (Phi) is 12.4. The maximum atomic E-state index is 13.6. The molecule has 1 aliphatic heterocycles. The monoisotopic (exact) mass is 714 g/mol. The molecule has 4 rings (SSSR count). The molecule has 0 saturated carbocycles. The highest BCUT2D eigenvalue weighted by Crippen LogP contribution is 2.37. The van der Waals surface area contributed by atoms with Gasteiger partial charge in [0.05, 0.1) is 42.6 Å². The number of ether oxygens (including phenoxy) is 5. The van der Waals surface area contributed by atoms with Crippen LogP contribution in [0.1, 0.15) is 43.5 Å². The van der Waals surface area contributed by atoms with Crippen molar-refractivity contribution < 1.29 is 42.8 Å². The second-order valence-corrected chi connectivity index (χ2v) is 11.0. The Morgan fingerprint density at radius 2 is 1.83 bits per heavy atom. The van der Waals surface area contributed by atoms with Crippen LogP contribution >= 0.6 is 15.9 Å². The molecule has 0 aliphatic carbocycles. The van der Waals surface area contributed by atoms with E-state index >= 15 is 0 Å². The van der Waals surface area contributed by atoms with Crippen LogP contribution in [0, 0.1) is 5.82 Å². The molecular weight excluding hydrogens is 679 g/mol. The number of aliphatic hydroxyl groups is 1. The van der Waals surface area contributed by atoms with Crippen LogP contribution in [0.25, 0.3) is 0 Å². The number of allylic oxidation sites excluding steroid dienone is 1. The van der Waals surface area contributed by atoms with Gasteiger partial charge in [-0.25, -0.2) is 14.0 Å². The molecule has 2 amide bonds. The number of aliphatic hydroxyl groups excluding tert-OH is 1. The maximum absolute atomic E-state index is 13.6.